The Morgan fingerprint density at radius 2 is 1.85 bits per heavy atom. The van der Waals surface area contributed by atoms with Crippen LogP contribution >= 0.6 is 0 Å². The molecule has 0 atom stereocenters. The van der Waals surface area contributed by atoms with Crippen LogP contribution in [0.5, 0.6) is 0 Å². The third-order valence-corrected chi connectivity index (χ3v) is 4.30. The summed E-state index contributed by atoms with van der Waals surface area (Å²) in [5.74, 6) is 1.60. The maximum absolute atomic E-state index is 12.0. The number of rotatable bonds is 4. The average molecular weight is 277 g/mol. The highest BCUT2D eigenvalue weighted by Crippen LogP contribution is 2.43. The topological polar surface area (TPSA) is 52.3 Å². The summed E-state index contributed by atoms with van der Waals surface area (Å²) in [6.45, 7) is 2.19. The molecule has 2 fully saturated rings. The van der Waals surface area contributed by atoms with Crippen molar-refractivity contribution in [1.82, 2.24) is 4.98 Å². The van der Waals surface area contributed by atoms with Crippen LogP contribution in [0.2, 0.25) is 0 Å². The monoisotopic (exact) mass is 277 g/mol. The predicted octanol–water partition coefficient (Wildman–Crippen LogP) is 4.17. The fourth-order valence-corrected chi connectivity index (χ4v) is 3.03. The highest BCUT2D eigenvalue weighted by molar-refractivity contribution is 5.87. The number of aromatic nitrogens is 1. The normalized spacial score (nSPS) is 20.6. The van der Waals surface area contributed by atoms with Crippen LogP contribution in [0, 0.1) is 0 Å². The smallest absolute Gasteiger partial charge is 0.376 e. The van der Waals surface area contributed by atoms with Crippen molar-refractivity contribution in [1.29, 1.82) is 0 Å². The molecule has 1 aromatic rings. The molecule has 2 saturated carbocycles. The van der Waals surface area contributed by atoms with Crippen molar-refractivity contribution in [3.63, 3.8) is 0 Å². The minimum absolute atomic E-state index is 0.346. The molecular formula is C16H23NO3. The molecule has 2 aliphatic rings. The van der Waals surface area contributed by atoms with Gasteiger partial charge in [0.25, 0.3) is 0 Å². The molecule has 0 N–H and O–H groups in total. The highest BCUT2D eigenvalue weighted by atomic mass is 16.5. The summed E-state index contributed by atoms with van der Waals surface area (Å²) in [6, 6.07) is 0. The molecule has 0 unspecified atom stereocenters. The van der Waals surface area contributed by atoms with Crippen LogP contribution in [-0.4, -0.2) is 17.6 Å². The first kappa shape index (κ1) is 13.7. The molecule has 2 aliphatic carbocycles. The molecule has 4 nitrogen and oxygen atoms in total. The van der Waals surface area contributed by atoms with E-state index in [1.54, 1.807) is 0 Å². The maximum Gasteiger partial charge on any atom is 0.376 e. The van der Waals surface area contributed by atoms with E-state index in [-0.39, 0.29) is 5.97 Å². The van der Waals surface area contributed by atoms with Gasteiger partial charge in [-0.05, 0) is 32.6 Å². The van der Waals surface area contributed by atoms with Crippen molar-refractivity contribution in [3.05, 3.63) is 17.3 Å². The van der Waals surface area contributed by atoms with E-state index in [1.165, 1.54) is 25.7 Å². The Labute approximate surface area is 119 Å². The number of esters is 1. The van der Waals surface area contributed by atoms with Gasteiger partial charge in [0.05, 0.1) is 12.3 Å². The number of nitrogens with zero attached hydrogens (tertiary/aromatic N) is 1. The zero-order valence-corrected chi connectivity index (χ0v) is 12.2. The number of hydrogen-bond donors (Lipinski definition) is 0. The van der Waals surface area contributed by atoms with Crippen molar-refractivity contribution < 1.29 is 13.9 Å². The molecule has 4 heteroatoms. The molecule has 0 amide bonds. The number of carbonyl (C=O) groups is 1. The maximum atomic E-state index is 12.0. The first-order chi connectivity index (χ1) is 9.79. The van der Waals surface area contributed by atoms with Crippen LogP contribution < -0.4 is 0 Å². The van der Waals surface area contributed by atoms with E-state index >= 15 is 0 Å². The third-order valence-electron chi connectivity index (χ3n) is 4.30. The first-order valence-electron chi connectivity index (χ1n) is 7.97. The lowest BCUT2D eigenvalue weighted by molar-refractivity contribution is 0.0485. The van der Waals surface area contributed by atoms with Gasteiger partial charge in [0.1, 0.15) is 0 Å². The minimum atomic E-state index is -0.346. The zero-order valence-electron chi connectivity index (χ0n) is 12.2. The summed E-state index contributed by atoms with van der Waals surface area (Å²) >= 11 is 0. The second kappa shape index (κ2) is 5.98. The van der Waals surface area contributed by atoms with Gasteiger partial charge in [-0.3, -0.25) is 0 Å². The summed E-state index contributed by atoms with van der Waals surface area (Å²) in [6.07, 6.45) is 9.57. The van der Waals surface area contributed by atoms with Gasteiger partial charge in [0.2, 0.25) is 5.76 Å². The molecule has 0 radical (unpaired) electrons. The van der Waals surface area contributed by atoms with Gasteiger partial charge in [0.15, 0.2) is 5.89 Å². The second-order valence-corrected chi connectivity index (χ2v) is 5.95. The van der Waals surface area contributed by atoms with Gasteiger partial charge in [-0.2, -0.15) is 0 Å². The summed E-state index contributed by atoms with van der Waals surface area (Å²) in [7, 11) is 0. The van der Waals surface area contributed by atoms with Gasteiger partial charge < -0.3 is 9.15 Å². The van der Waals surface area contributed by atoms with Crippen LogP contribution in [0.1, 0.15) is 92.3 Å². The zero-order chi connectivity index (χ0) is 13.9. The second-order valence-electron chi connectivity index (χ2n) is 5.95. The number of carbonyl (C=O) groups excluding carboxylic acids is 1. The standard InChI is InChI=1S/C16H23NO3/c1-2-19-16(18)14-13(11-9-10-11)17-15(20-14)12-7-5-3-4-6-8-12/h11-12H,2-10H2,1H3. The molecule has 0 spiro atoms. The van der Waals surface area contributed by atoms with Gasteiger partial charge in [-0.15, -0.1) is 0 Å². The van der Waals surface area contributed by atoms with Crippen molar-refractivity contribution in [3.8, 4) is 0 Å². The van der Waals surface area contributed by atoms with Crippen molar-refractivity contribution in [2.75, 3.05) is 6.61 Å². The van der Waals surface area contributed by atoms with E-state index in [2.05, 4.69) is 4.98 Å². The molecule has 0 bridgehead atoms. The Kier molecular flexibility index (Phi) is 4.08. The Morgan fingerprint density at radius 3 is 2.45 bits per heavy atom. The van der Waals surface area contributed by atoms with Crippen LogP contribution in [0.3, 0.4) is 0 Å². The first-order valence-corrected chi connectivity index (χ1v) is 7.97. The average Bonchev–Trinajstić information content (AvgIpc) is 3.24. The minimum Gasteiger partial charge on any atom is -0.460 e. The molecule has 1 heterocycles. The van der Waals surface area contributed by atoms with Crippen LogP contribution in [0.4, 0.5) is 0 Å². The van der Waals surface area contributed by atoms with Crippen LogP contribution in [0.15, 0.2) is 4.42 Å². The summed E-state index contributed by atoms with van der Waals surface area (Å²) in [5, 5.41) is 0. The van der Waals surface area contributed by atoms with Crippen molar-refractivity contribution in [2.24, 2.45) is 0 Å². The molecule has 20 heavy (non-hydrogen) atoms. The molecule has 1 aromatic heterocycles. The Bertz CT molecular complexity index is 468. The summed E-state index contributed by atoms with van der Waals surface area (Å²) in [5.41, 5.74) is 0.850. The lowest BCUT2D eigenvalue weighted by Crippen LogP contribution is -2.05. The summed E-state index contributed by atoms with van der Waals surface area (Å²) < 4.78 is 10.9. The number of oxazole rings is 1. The molecular weight excluding hydrogens is 254 g/mol. The van der Waals surface area contributed by atoms with Crippen LogP contribution in [-0.2, 0) is 4.74 Å². The molecule has 110 valence electrons. The van der Waals surface area contributed by atoms with Crippen molar-refractivity contribution in [2.45, 2.75) is 70.1 Å². The Balaban J connectivity index is 1.84. The third kappa shape index (κ3) is 2.89. The highest BCUT2D eigenvalue weighted by Gasteiger charge is 2.35. The Morgan fingerprint density at radius 1 is 1.15 bits per heavy atom. The number of ether oxygens (including phenoxy) is 1. The quantitative estimate of drug-likeness (QED) is 0.612. The molecule has 3 rings (SSSR count). The van der Waals surface area contributed by atoms with E-state index in [4.69, 9.17) is 9.15 Å². The van der Waals surface area contributed by atoms with Gasteiger partial charge in [-0.1, -0.05) is 25.7 Å². The fraction of sp³-hybridized carbons (Fsp3) is 0.750. The van der Waals surface area contributed by atoms with E-state index in [0.29, 0.717) is 24.2 Å². The van der Waals surface area contributed by atoms with Gasteiger partial charge in [-0.25, -0.2) is 9.78 Å². The van der Waals surface area contributed by atoms with Crippen LogP contribution in [0.25, 0.3) is 0 Å². The fourth-order valence-electron chi connectivity index (χ4n) is 3.03. The van der Waals surface area contributed by atoms with E-state index < -0.39 is 0 Å². The lowest BCUT2D eigenvalue weighted by atomic mass is 10.0. The Hall–Kier alpha value is -1.32. The van der Waals surface area contributed by atoms with E-state index in [9.17, 15) is 4.79 Å². The molecule has 0 saturated heterocycles. The van der Waals surface area contributed by atoms with Gasteiger partial charge in [0, 0.05) is 11.8 Å². The summed E-state index contributed by atoms with van der Waals surface area (Å²) in [4.78, 5) is 16.7. The number of hydrogen-bond acceptors (Lipinski definition) is 4. The lowest BCUT2D eigenvalue weighted by Gasteiger charge is -2.08. The molecule has 0 aromatic carbocycles. The molecule has 0 aliphatic heterocycles. The van der Waals surface area contributed by atoms with Gasteiger partial charge >= 0.3 is 5.97 Å². The van der Waals surface area contributed by atoms with E-state index in [1.807, 2.05) is 6.92 Å². The predicted molar refractivity (Wildman–Crippen MR) is 74.9 cm³/mol. The van der Waals surface area contributed by atoms with E-state index in [0.717, 1.165) is 37.3 Å². The largest absolute Gasteiger partial charge is 0.460 e. The SMILES string of the molecule is CCOC(=O)c1oc(C2CCCCCC2)nc1C1CC1. The van der Waals surface area contributed by atoms with Crippen molar-refractivity contribution >= 4 is 5.97 Å².